The van der Waals surface area contributed by atoms with E-state index in [0.717, 1.165) is 4.90 Å². The van der Waals surface area contributed by atoms with Crippen LogP contribution in [0.2, 0.25) is 0 Å². The molecule has 0 radical (unpaired) electrons. The summed E-state index contributed by atoms with van der Waals surface area (Å²) in [6.45, 7) is 1.19. The number of hydrogen-bond donors (Lipinski definition) is 2. The van der Waals surface area contributed by atoms with Crippen LogP contribution < -0.4 is 5.32 Å². The van der Waals surface area contributed by atoms with Gasteiger partial charge < -0.3 is 10.1 Å². The fraction of sp³-hybridized carbons (Fsp3) is 0.615. The highest BCUT2D eigenvalue weighted by Crippen LogP contribution is 2.20. The first kappa shape index (κ1) is 13.9. The summed E-state index contributed by atoms with van der Waals surface area (Å²) in [6.07, 6.45) is 6.63. The normalized spacial score (nSPS) is 16.7. The molecule has 0 unspecified atom stereocenters. The predicted molar refractivity (Wildman–Crippen MR) is 76.7 cm³/mol. The van der Waals surface area contributed by atoms with E-state index in [1.807, 2.05) is 5.38 Å². The van der Waals surface area contributed by atoms with Crippen molar-refractivity contribution < 1.29 is 9.53 Å². The molecule has 1 aliphatic carbocycles. The number of carbonyl (C=O) groups excluding carboxylic acids is 1. The van der Waals surface area contributed by atoms with Crippen molar-refractivity contribution in [2.45, 2.75) is 43.1 Å². The SMILES string of the molecule is O=C(NCCOC1CCCCC1)c1cc(S)cs1. The topological polar surface area (TPSA) is 38.3 Å². The summed E-state index contributed by atoms with van der Waals surface area (Å²) in [7, 11) is 0. The van der Waals surface area contributed by atoms with Gasteiger partial charge in [0.15, 0.2) is 0 Å². The van der Waals surface area contributed by atoms with Crippen LogP contribution in [0.15, 0.2) is 16.3 Å². The van der Waals surface area contributed by atoms with Crippen LogP contribution in [0.25, 0.3) is 0 Å². The maximum atomic E-state index is 11.7. The van der Waals surface area contributed by atoms with Crippen molar-refractivity contribution >= 4 is 29.9 Å². The van der Waals surface area contributed by atoms with E-state index in [9.17, 15) is 4.79 Å². The quantitative estimate of drug-likeness (QED) is 0.644. The number of carbonyl (C=O) groups is 1. The van der Waals surface area contributed by atoms with Crippen LogP contribution in [0.5, 0.6) is 0 Å². The lowest BCUT2D eigenvalue weighted by molar-refractivity contribution is 0.0300. The highest BCUT2D eigenvalue weighted by atomic mass is 32.1. The lowest BCUT2D eigenvalue weighted by Gasteiger charge is -2.21. The number of thiol groups is 1. The highest BCUT2D eigenvalue weighted by molar-refractivity contribution is 7.80. The van der Waals surface area contributed by atoms with Gasteiger partial charge in [-0.3, -0.25) is 4.79 Å². The van der Waals surface area contributed by atoms with E-state index in [-0.39, 0.29) is 5.91 Å². The Morgan fingerprint density at radius 2 is 2.22 bits per heavy atom. The molecule has 1 saturated carbocycles. The molecule has 100 valence electrons. The number of amides is 1. The molecular weight excluding hydrogens is 266 g/mol. The Morgan fingerprint density at radius 3 is 2.89 bits per heavy atom. The van der Waals surface area contributed by atoms with E-state index in [0.29, 0.717) is 24.1 Å². The van der Waals surface area contributed by atoms with Gasteiger partial charge in [-0.15, -0.1) is 24.0 Å². The fourth-order valence-electron chi connectivity index (χ4n) is 2.15. The Bertz CT molecular complexity index is 386. The maximum absolute atomic E-state index is 11.7. The monoisotopic (exact) mass is 285 g/mol. The van der Waals surface area contributed by atoms with Crippen LogP contribution >= 0.6 is 24.0 Å². The van der Waals surface area contributed by atoms with Gasteiger partial charge in [0.2, 0.25) is 0 Å². The Labute approximate surface area is 117 Å². The zero-order valence-corrected chi connectivity index (χ0v) is 12.1. The third-order valence-corrected chi connectivity index (χ3v) is 4.46. The first-order valence-corrected chi connectivity index (χ1v) is 7.75. The van der Waals surface area contributed by atoms with Crippen molar-refractivity contribution in [1.29, 1.82) is 0 Å². The van der Waals surface area contributed by atoms with Crippen molar-refractivity contribution in [1.82, 2.24) is 5.32 Å². The van der Waals surface area contributed by atoms with Crippen LogP contribution in [0, 0.1) is 0 Å². The average Bonchev–Trinajstić information content (AvgIpc) is 2.82. The second kappa shape index (κ2) is 7.16. The van der Waals surface area contributed by atoms with Crippen molar-refractivity contribution in [3.8, 4) is 0 Å². The van der Waals surface area contributed by atoms with Gasteiger partial charge in [0.25, 0.3) is 5.91 Å². The third-order valence-electron chi connectivity index (χ3n) is 3.10. The third kappa shape index (κ3) is 4.30. The van der Waals surface area contributed by atoms with Gasteiger partial charge in [-0.25, -0.2) is 0 Å². The Kier molecular flexibility index (Phi) is 5.53. The fourth-order valence-corrected chi connectivity index (χ4v) is 3.22. The molecule has 0 aliphatic heterocycles. The van der Waals surface area contributed by atoms with Gasteiger partial charge in [-0.1, -0.05) is 19.3 Å². The zero-order chi connectivity index (χ0) is 12.8. The molecule has 5 heteroatoms. The molecule has 1 aliphatic rings. The van der Waals surface area contributed by atoms with Crippen molar-refractivity contribution in [2.75, 3.05) is 13.2 Å². The summed E-state index contributed by atoms with van der Waals surface area (Å²) in [6, 6.07) is 1.78. The maximum Gasteiger partial charge on any atom is 0.261 e. The minimum absolute atomic E-state index is 0.0347. The number of hydrogen-bond acceptors (Lipinski definition) is 4. The number of thiophene rings is 1. The van der Waals surface area contributed by atoms with E-state index < -0.39 is 0 Å². The standard InChI is InChI=1S/C13H19NO2S2/c15-13(12-8-11(17)9-18-12)14-6-7-16-10-4-2-1-3-5-10/h8-10,17H,1-7H2,(H,14,15). The molecule has 18 heavy (non-hydrogen) atoms. The van der Waals surface area contributed by atoms with Crippen LogP contribution in [-0.2, 0) is 4.74 Å². The lowest BCUT2D eigenvalue weighted by atomic mass is 9.98. The largest absolute Gasteiger partial charge is 0.376 e. The molecule has 1 N–H and O–H groups in total. The van der Waals surface area contributed by atoms with Crippen molar-refractivity contribution in [2.24, 2.45) is 0 Å². The Balaban J connectivity index is 1.61. The number of ether oxygens (including phenoxy) is 1. The minimum Gasteiger partial charge on any atom is -0.376 e. The van der Waals surface area contributed by atoms with Crippen LogP contribution in [0.1, 0.15) is 41.8 Å². The van der Waals surface area contributed by atoms with Crippen LogP contribution in [-0.4, -0.2) is 25.2 Å². The smallest absolute Gasteiger partial charge is 0.261 e. The molecule has 3 nitrogen and oxygen atoms in total. The van der Waals surface area contributed by atoms with E-state index in [4.69, 9.17) is 4.74 Å². The summed E-state index contributed by atoms with van der Waals surface area (Å²) in [5.41, 5.74) is 0. The Hall–Kier alpha value is -0.520. The zero-order valence-electron chi connectivity index (χ0n) is 10.4. The molecule has 1 aromatic heterocycles. The first-order chi connectivity index (χ1) is 8.75. The Morgan fingerprint density at radius 1 is 1.44 bits per heavy atom. The highest BCUT2D eigenvalue weighted by Gasteiger charge is 2.13. The molecule has 2 rings (SSSR count). The van der Waals surface area contributed by atoms with E-state index in [2.05, 4.69) is 17.9 Å². The summed E-state index contributed by atoms with van der Waals surface area (Å²) < 4.78 is 5.75. The summed E-state index contributed by atoms with van der Waals surface area (Å²) >= 11 is 5.60. The molecule has 0 spiro atoms. The van der Waals surface area contributed by atoms with Gasteiger partial charge in [0.05, 0.1) is 17.6 Å². The van der Waals surface area contributed by atoms with Crippen LogP contribution in [0.4, 0.5) is 0 Å². The van der Waals surface area contributed by atoms with Gasteiger partial charge in [0, 0.05) is 16.8 Å². The summed E-state index contributed by atoms with van der Waals surface area (Å²) in [4.78, 5) is 13.3. The second-order valence-electron chi connectivity index (χ2n) is 4.56. The van der Waals surface area contributed by atoms with Crippen LogP contribution in [0.3, 0.4) is 0 Å². The lowest BCUT2D eigenvalue weighted by Crippen LogP contribution is -2.28. The van der Waals surface area contributed by atoms with Gasteiger partial charge in [0.1, 0.15) is 0 Å². The molecule has 1 fully saturated rings. The van der Waals surface area contributed by atoms with Gasteiger partial charge in [-0.05, 0) is 18.9 Å². The number of nitrogens with one attached hydrogen (secondary N) is 1. The van der Waals surface area contributed by atoms with Crippen molar-refractivity contribution in [3.63, 3.8) is 0 Å². The first-order valence-electron chi connectivity index (χ1n) is 6.43. The summed E-state index contributed by atoms with van der Waals surface area (Å²) in [5, 5.41) is 4.72. The molecular formula is C13H19NO2S2. The molecule has 0 aromatic carbocycles. The molecule has 0 bridgehead atoms. The van der Waals surface area contributed by atoms with Gasteiger partial charge in [-0.2, -0.15) is 0 Å². The second-order valence-corrected chi connectivity index (χ2v) is 5.98. The van der Waals surface area contributed by atoms with E-state index in [1.54, 1.807) is 6.07 Å². The molecule has 1 amide bonds. The number of rotatable bonds is 5. The predicted octanol–water partition coefficient (Wildman–Crippen LogP) is 3.12. The van der Waals surface area contributed by atoms with Crippen molar-refractivity contribution in [3.05, 3.63) is 16.3 Å². The summed E-state index contributed by atoms with van der Waals surface area (Å²) in [5.74, 6) is -0.0347. The average molecular weight is 285 g/mol. The molecule has 1 aromatic rings. The molecule has 0 atom stereocenters. The molecule has 1 heterocycles. The van der Waals surface area contributed by atoms with E-state index in [1.165, 1.54) is 43.4 Å². The minimum atomic E-state index is -0.0347. The molecule has 0 saturated heterocycles. The van der Waals surface area contributed by atoms with E-state index >= 15 is 0 Å². The van der Waals surface area contributed by atoms with Gasteiger partial charge >= 0.3 is 0 Å².